The van der Waals surface area contributed by atoms with Crippen molar-refractivity contribution in [1.82, 2.24) is 0 Å². The second-order valence-electron chi connectivity index (χ2n) is 6.09. The Kier molecular flexibility index (Phi) is 5.45. The van der Waals surface area contributed by atoms with E-state index in [2.05, 4.69) is 0 Å². The lowest BCUT2D eigenvalue weighted by Crippen LogP contribution is -2.37. The molecule has 9 heteroatoms. The molecule has 24 heavy (non-hydrogen) atoms. The summed E-state index contributed by atoms with van der Waals surface area (Å²) >= 11 is 0. The Bertz CT molecular complexity index is 634. The fraction of sp³-hybridized carbons (Fsp3) is 0.533. The number of carbonyl (C=O) groups excluding carboxylic acids is 1. The highest BCUT2D eigenvalue weighted by Gasteiger charge is 2.41. The molecular formula is C15H20BNO7. The van der Waals surface area contributed by atoms with Crippen LogP contribution in [0.15, 0.2) is 18.2 Å². The number of benzene rings is 1. The molecule has 2 rings (SSSR count). The average molecular weight is 337 g/mol. The smallest absolute Gasteiger partial charge is 0.488 e. The summed E-state index contributed by atoms with van der Waals surface area (Å²) in [6.45, 7) is 5.00. The predicted octanol–water partition coefficient (Wildman–Crippen LogP) is 0.833. The van der Waals surface area contributed by atoms with Gasteiger partial charge in [-0.2, -0.15) is 0 Å². The highest BCUT2D eigenvalue weighted by Crippen LogP contribution is 2.30. The van der Waals surface area contributed by atoms with Gasteiger partial charge < -0.3 is 19.2 Å². The number of fused-ring (bicyclic) bond motifs is 1. The van der Waals surface area contributed by atoms with Crippen molar-refractivity contribution in [2.75, 3.05) is 13.2 Å². The molecule has 0 saturated heterocycles. The molecule has 0 radical (unpaired) electrons. The Morgan fingerprint density at radius 1 is 1.50 bits per heavy atom. The monoisotopic (exact) mass is 337 g/mol. The topological polar surface area (TPSA) is 108 Å². The van der Waals surface area contributed by atoms with Crippen LogP contribution in [0.3, 0.4) is 0 Å². The lowest BCUT2D eigenvalue weighted by atomic mass is 9.78. The Morgan fingerprint density at radius 2 is 2.21 bits per heavy atom. The van der Waals surface area contributed by atoms with Crippen molar-refractivity contribution in [2.45, 2.75) is 38.9 Å². The minimum absolute atomic E-state index is 0.0276. The largest absolute Gasteiger partial charge is 0.496 e. The van der Waals surface area contributed by atoms with Crippen LogP contribution in [0, 0.1) is 10.1 Å². The first kappa shape index (κ1) is 18.2. The van der Waals surface area contributed by atoms with Gasteiger partial charge in [-0.25, -0.2) is 0 Å². The molecule has 0 fully saturated rings. The third-order valence-electron chi connectivity index (χ3n) is 3.56. The summed E-state index contributed by atoms with van der Waals surface area (Å²) in [4.78, 5) is 21.9. The van der Waals surface area contributed by atoms with Gasteiger partial charge in [-0.05, 0) is 32.4 Å². The number of esters is 1. The van der Waals surface area contributed by atoms with Crippen LogP contribution in [0.1, 0.15) is 38.9 Å². The fourth-order valence-electron chi connectivity index (χ4n) is 2.66. The number of nitro groups is 1. The lowest BCUT2D eigenvalue weighted by Gasteiger charge is -2.26. The third kappa shape index (κ3) is 4.24. The zero-order valence-corrected chi connectivity index (χ0v) is 13.9. The summed E-state index contributed by atoms with van der Waals surface area (Å²) in [6.07, 6.45) is -0.804. The van der Waals surface area contributed by atoms with Gasteiger partial charge >= 0.3 is 13.1 Å². The van der Waals surface area contributed by atoms with Crippen LogP contribution < -0.4 is 10.2 Å². The highest BCUT2D eigenvalue weighted by atomic mass is 16.6. The van der Waals surface area contributed by atoms with Crippen LogP contribution in [-0.4, -0.2) is 41.8 Å². The van der Waals surface area contributed by atoms with Gasteiger partial charge in [0.1, 0.15) is 17.5 Å². The molecule has 0 bridgehead atoms. The highest BCUT2D eigenvalue weighted by molar-refractivity contribution is 6.62. The second-order valence-corrected chi connectivity index (χ2v) is 6.09. The maximum Gasteiger partial charge on any atom is 0.496 e. The molecule has 0 aromatic heterocycles. The summed E-state index contributed by atoms with van der Waals surface area (Å²) in [5, 5.41) is 20.8. The zero-order valence-electron chi connectivity index (χ0n) is 13.9. The second kappa shape index (κ2) is 7.19. The van der Waals surface area contributed by atoms with E-state index < -0.39 is 36.3 Å². The van der Waals surface area contributed by atoms with E-state index in [1.54, 1.807) is 39.0 Å². The van der Waals surface area contributed by atoms with Crippen LogP contribution in [0.25, 0.3) is 0 Å². The quantitative estimate of drug-likeness (QED) is 0.340. The summed E-state index contributed by atoms with van der Waals surface area (Å²) in [5.74, 6) is -0.0572. The minimum Gasteiger partial charge on any atom is -0.488 e. The Morgan fingerprint density at radius 3 is 2.83 bits per heavy atom. The number of hydrogen-bond donors (Lipinski definition) is 1. The van der Waals surface area contributed by atoms with E-state index in [1.165, 1.54) is 0 Å². The van der Waals surface area contributed by atoms with E-state index in [4.69, 9.17) is 14.1 Å². The van der Waals surface area contributed by atoms with Crippen LogP contribution in [0.4, 0.5) is 0 Å². The van der Waals surface area contributed by atoms with E-state index in [-0.39, 0.29) is 13.0 Å². The fourth-order valence-corrected chi connectivity index (χ4v) is 2.66. The van der Waals surface area contributed by atoms with Crippen molar-refractivity contribution in [2.24, 2.45) is 0 Å². The minimum atomic E-state index is -1.31. The standard InChI is InChI=1S/C15H20BNO7/c1-4-22-13(18)8-15(2,3)23-11-7-5-6-10-12(9-17(20)21)24-16(19)14(10)11/h5-7,12,19H,4,8-9H2,1-3H3. The summed E-state index contributed by atoms with van der Waals surface area (Å²) in [7, 11) is -1.31. The van der Waals surface area contributed by atoms with E-state index >= 15 is 0 Å². The van der Waals surface area contributed by atoms with E-state index in [0.29, 0.717) is 16.8 Å². The SMILES string of the molecule is CCOC(=O)CC(C)(C)Oc1cccc2c1B(O)OC2C[N+](=O)[O-]. The molecule has 1 aliphatic rings. The van der Waals surface area contributed by atoms with Gasteiger partial charge in [0.25, 0.3) is 0 Å². The molecule has 0 aliphatic carbocycles. The van der Waals surface area contributed by atoms with Crippen LogP contribution in [0.5, 0.6) is 5.75 Å². The zero-order chi connectivity index (χ0) is 17.9. The molecule has 1 heterocycles. The Balaban J connectivity index is 2.22. The molecular weight excluding hydrogens is 317 g/mol. The van der Waals surface area contributed by atoms with Crippen LogP contribution >= 0.6 is 0 Å². The van der Waals surface area contributed by atoms with Crippen molar-refractivity contribution in [3.8, 4) is 5.75 Å². The molecule has 0 spiro atoms. The van der Waals surface area contributed by atoms with Crippen molar-refractivity contribution >= 4 is 18.6 Å². The average Bonchev–Trinajstić information content (AvgIpc) is 2.74. The molecule has 1 aromatic carbocycles. The molecule has 0 saturated carbocycles. The van der Waals surface area contributed by atoms with E-state index in [0.717, 1.165) is 0 Å². The van der Waals surface area contributed by atoms with Crippen LogP contribution in [0.2, 0.25) is 0 Å². The number of nitrogens with zero attached hydrogens (tertiary/aromatic N) is 1. The normalized spacial score (nSPS) is 16.7. The molecule has 1 N–H and O–H groups in total. The molecule has 1 aliphatic heterocycles. The maximum atomic E-state index is 11.7. The Hall–Kier alpha value is -2.13. The molecule has 1 atom stereocenters. The summed E-state index contributed by atoms with van der Waals surface area (Å²) < 4.78 is 16.1. The van der Waals surface area contributed by atoms with Crippen molar-refractivity contribution in [3.05, 3.63) is 33.9 Å². The molecule has 0 amide bonds. The molecule has 8 nitrogen and oxygen atoms in total. The first-order chi connectivity index (χ1) is 11.2. The molecule has 1 unspecified atom stereocenters. The van der Waals surface area contributed by atoms with E-state index in [1.807, 2.05) is 0 Å². The summed E-state index contributed by atoms with van der Waals surface area (Å²) in [5.41, 5.74) is 0.00682. The van der Waals surface area contributed by atoms with Crippen molar-refractivity contribution in [1.29, 1.82) is 0 Å². The summed E-state index contributed by atoms with van der Waals surface area (Å²) in [6, 6.07) is 4.96. The number of ether oxygens (including phenoxy) is 2. The maximum absolute atomic E-state index is 11.7. The van der Waals surface area contributed by atoms with Gasteiger partial charge in [0, 0.05) is 10.4 Å². The first-order valence-electron chi connectivity index (χ1n) is 7.66. The van der Waals surface area contributed by atoms with Gasteiger partial charge in [-0.3, -0.25) is 14.9 Å². The van der Waals surface area contributed by atoms with Gasteiger partial charge in [0.2, 0.25) is 6.54 Å². The lowest BCUT2D eigenvalue weighted by molar-refractivity contribution is -0.490. The van der Waals surface area contributed by atoms with Gasteiger partial charge in [0.05, 0.1) is 13.0 Å². The van der Waals surface area contributed by atoms with Crippen molar-refractivity contribution < 1.29 is 28.9 Å². The number of carbonyl (C=O) groups is 1. The number of hydrogen-bond acceptors (Lipinski definition) is 7. The van der Waals surface area contributed by atoms with Gasteiger partial charge in [-0.15, -0.1) is 0 Å². The predicted molar refractivity (Wildman–Crippen MR) is 85.7 cm³/mol. The molecule has 130 valence electrons. The van der Waals surface area contributed by atoms with Gasteiger partial charge in [-0.1, -0.05) is 12.1 Å². The Labute approximate surface area is 140 Å². The number of rotatable bonds is 7. The van der Waals surface area contributed by atoms with Gasteiger partial charge in [0.15, 0.2) is 0 Å². The molecule has 1 aromatic rings. The van der Waals surface area contributed by atoms with Crippen LogP contribution in [-0.2, 0) is 14.2 Å². The van der Waals surface area contributed by atoms with E-state index in [9.17, 15) is 19.9 Å². The van der Waals surface area contributed by atoms with Crippen molar-refractivity contribution in [3.63, 3.8) is 0 Å². The third-order valence-corrected chi connectivity index (χ3v) is 3.56. The first-order valence-corrected chi connectivity index (χ1v) is 7.66.